The second-order valence-corrected chi connectivity index (χ2v) is 4.89. The van der Waals surface area contributed by atoms with E-state index in [-0.39, 0.29) is 0 Å². The Morgan fingerprint density at radius 3 is 2.82 bits per heavy atom. The van der Waals surface area contributed by atoms with Gasteiger partial charge in [-0.3, -0.25) is 0 Å². The zero-order valence-electron chi connectivity index (χ0n) is 10.2. The summed E-state index contributed by atoms with van der Waals surface area (Å²) in [6, 6.07) is 6.08. The van der Waals surface area contributed by atoms with Crippen molar-refractivity contribution in [1.29, 1.82) is 0 Å². The first-order valence-corrected chi connectivity index (χ1v) is 6.23. The third-order valence-corrected chi connectivity index (χ3v) is 3.11. The molecule has 17 heavy (non-hydrogen) atoms. The third kappa shape index (κ3) is 3.01. The largest absolute Gasteiger partial charge is 0.430 e. The van der Waals surface area contributed by atoms with E-state index < -0.39 is 0 Å². The quantitative estimate of drug-likeness (QED) is 0.905. The van der Waals surface area contributed by atoms with Crippen molar-refractivity contribution in [2.45, 2.75) is 20.4 Å². The fraction of sp³-hybridized carbons (Fsp3) is 0.333. The molecule has 0 saturated carbocycles. The minimum atomic E-state index is 0.585. The Kier molecular flexibility index (Phi) is 3.71. The molecular formula is C12H15N3OS. The van der Waals surface area contributed by atoms with Crippen LogP contribution in [0.4, 0.5) is 0 Å². The summed E-state index contributed by atoms with van der Waals surface area (Å²) < 4.78 is 5.71. The Labute approximate surface area is 105 Å². The average Bonchev–Trinajstić information content (AvgIpc) is 2.71. The van der Waals surface area contributed by atoms with Crippen LogP contribution in [0.3, 0.4) is 0 Å². The predicted molar refractivity (Wildman–Crippen MR) is 68.7 cm³/mol. The van der Waals surface area contributed by atoms with E-state index in [1.54, 1.807) is 0 Å². The van der Waals surface area contributed by atoms with Gasteiger partial charge in [0.2, 0.25) is 0 Å². The molecule has 0 amide bonds. The predicted octanol–water partition coefficient (Wildman–Crippen LogP) is 2.67. The van der Waals surface area contributed by atoms with Crippen LogP contribution in [0.1, 0.15) is 16.1 Å². The van der Waals surface area contributed by atoms with E-state index in [0.29, 0.717) is 11.7 Å². The number of nitrogens with zero attached hydrogens (tertiary/aromatic N) is 2. The molecule has 2 aromatic rings. The van der Waals surface area contributed by atoms with Crippen molar-refractivity contribution in [3.63, 3.8) is 0 Å². The second-order valence-electron chi connectivity index (χ2n) is 3.86. The minimum absolute atomic E-state index is 0.585. The zero-order valence-corrected chi connectivity index (χ0v) is 11.0. The maximum atomic E-state index is 5.71. The Hall–Kier alpha value is -1.46. The summed E-state index contributed by atoms with van der Waals surface area (Å²) in [5.41, 5.74) is 2.33. The highest BCUT2D eigenvalue weighted by Crippen LogP contribution is 2.27. The highest BCUT2D eigenvalue weighted by molar-refractivity contribution is 7.13. The first kappa shape index (κ1) is 12.0. The van der Waals surface area contributed by atoms with Crippen LogP contribution in [0.15, 0.2) is 18.2 Å². The summed E-state index contributed by atoms with van der Waals surface area (Å²) in [5, 5.41) is 12.6. The standard InChI is InChI=1S/C12H15N3OS/c1-8-4-5-10(9(2)6-8)16-12-15-14-11(17-12)7-13-3/h4-6,13H,7H2,1-3H3. The highest BCUT2D eigenvalue weighted by atomic mass is 32.1. The van der Waals surface area contributed by atoms with E-state index in [4.69, 9.17) is 4.74 Å². The molecule has 0 spiro atoms. The van der Waals surface area contributed by atoms with E-state index in [2.05, 4.69) is 28.5 Å². The summed E-state index contributed by atoms with van der Waals surface area (Å²) in [6.07, 6.45) is 0. The van der Waals surface area contributed by atoms with Gasteiger partial charge in [0, 0.05) is 6.54 Å². The van der Waals surface area contributed by atoms with Crippen LogP contribution in [-0.2, 0) is 6.54 Å². The van der Waals surface area contributed by atoms with E-state index in [1.807, 2.05) is 26.1 Å². The molecule has 0 fully saturated rings. The lowest BCUT2D eigenvalue weighted by molar-refractivity contribution is 0.469. The molecular weight excluding hydrogens is 234 g/mol. The van der Waals surface area contributed by atoms with Crippen LogP contribution in [0, 0.1) is 13.8 Å². The van der Waals surface area contributed by atoms with Crippen LogP contribution in [-0.4, -0.2) is 17.2 Å². The number of aryl methyl sites for hydroxylation is 2. The molecule has 5 heteroatoms. The van der Waals surface area contributed by atoms with Gasteiger partial charge in [0.05, 0.1) is 0 Å². The Morgan fingerprint density at radius 1 is 1.29 bits per heavy atom. The first-order valence-electron chi connectivity index (χ1n) is 5.41. The number of nitrogens with one attached hydrogen (secondary N) is 1. The van der Waals surface area contributed by atoms with Crippen LogP contribution < -0.4 is 10.1 Å². The number of hydrogen-bond donors (Lipinski definition) is 1. The molecule has 0 unspecified atom stereocenters. The van der Waals surface area contributed by atoms with Gasteiger partial charge in [0.1, 0.15) is 10.8 Å². The van der Waals surface area contributed by atoms with Crippen LogP contribution >= 0.6 is 11.3 Å². The van der Waals surface area contributed by atoms with Gasteiger partial charge in [0.15, 0.2) is 0 Å². The number of rotatable bonds is 4. The monoisotopic (exact) mass is 249 g/mol. The van der Waals surface area contributed by atoms with Crippen molar-refractivity contribution in [2.24, 2.45) is 0 Å². The van der Waals surface area contributed by atoms with Gasteiger partial charge in [0.25, 0.3) is 5.19 Å². The van der Waals surface area contributed by atoms with Gasteiger partial charge in [-0.2, -0.15) is 0 Å². The molecule has 0 radical (unpaired) electrons. The third-order valence-electron chi connectivity index (χ3n) is 2.30. The topological polar surface area (TPSA) is 47.0 Å². The molecule has 2 rings (SSSR count). The number of ether oxygens (including phenoxy) is 1. The van der Waals surface area contributed by atoms with Crippen LogP contribution in [0.2, 0.25) is 0 Å². The normalized spacial score (nSPS) is 10.5. The molecule has 0 aliphatic heterocycles. The number of hydrogen-bond acceptors (Lipinski definition) is 5. The fourth-order valence-corrected chi connectivity index (χ4v) is 2.22. The Morgan fingerprint density at radius 2 is 2.12 bits per heavy atom. The second kappa shape index (κ2) is 5.25. The summed E-state index contributed by atoms with van der Waals surface area (Å²) >= 11 is 1.46. The van der Waals surface area contributed by atoms with Crippen LogP contribution in [0.25, 0.3) is 0 Å². The molecule has 0 aliphatic carbocycles. The maximum Gasteiger partial charge on any atom is 0.299 e. The summed E-state index contributed by atoms with van der Waals surface area (Å²) in [7, 11) is 1.88. The van der Waals surface area contributed by atoms with Crippen molar-refractivity contribution < 1.29 is 4.74 Å². The summed E-state index contributed by atoms with van der Waals surface area (Å²) in [6.45, 7) is 4.80. The lowest BCUT2D eigenvalue weighted by Gasteiger charge is -2.05. The molecule has 0 aliphatic rings. The smallest absolute Gasteiger partial charge is 0.299 e. The van der Waals surface area contributed by atoms with Crippen molar-refractivity contribution in [3.05, 3.63) is 34.3 Å². The SMILES string of the molecule is CNCc1nnc(Oc2ccc(C)cc2C)s1. The molecule has 4 nitrogen and oxygen atoms in total. The highest BCUT2D eigenvalue weighted by Gasteiger charge is 2.07. The van der Waals surface area contributed by atoms with E-state index in [1.165, 1.54) is 16.9 Å². The average molecular weight is 249 g/mol. The molecule has 0 saturated heterocycles. The molecule has 1 N–H and O–H groups in total. The molecule has 0 atom stereocenters. The lowest BCUT2D eigenvalue weighted by atomic mass is 10.1. The van der Waals surface area contributed by atoms with Crippen LogP contribution in [0.5, 0.6) is 10.9 Å². The van der Waals surface area contributed by atoms with Gasteiger partial charge < -0.3 is 10.1 Å². The molecule has 90 valence electrons. The Bertz CT molecular complexity index is 510. The Balaban J connectivity index is 2.13. The number of benzene rings is 1. The summed E-state index contributed by atoms with van der Waals surface area (Å²) in [4.78, 5) is 0. The zero-order chi connectivity index (χ0) is 12.3. The van der Waals surface area contributed by atoms with Crippen molar-refractivity contribution in [1.82, 2.24) is 15.5 Å². The van der Waals surface area contributed by atoms with Gasteiger partial charge in [-0.15, -0.1) is 5.10 Å². The fourth-order valence-electron chi connectivity index (χ4n) is 1.51. The first-order chi connectivity index (χ1) is 8.19. The van der Waals surface area contributed by atoms with Gasteiger partial charge in [-0.25, -0.2) is 0 Å². The molecule has 1 aromatic carbocycles. The minimum Gasteiger partial charge on any atom is -0.430 e. The van der Waals surface area contributed by atoms with Crippen molar-refractivity contribution in [3.8, 4) is 10.9 Å². The van der Waals surface area contributed by atoms with Gasteiger partial charge in [-0.05, 0) is 32.5 Å². The number of aromatic nitrogens is 2. The van der Waals surface area contributed by atoms with E-state index in [9.17, 15) is 0 Å². The lowest BCUT2D eigenvalue weighted by Crippen LogP contribution is -2.04. The maximum absolute atomic E-state index is 5.71. The molecule has 1 heterocycles. The van der Waals surface area contributed by atoms with Crippen molar-refractivity contribution >= 4 is 11.3 Å². The van der Waals surface area contributed by atoms with Gasteiger partial charge in [-0.1, -0.05) is 34.1 Å². The molecule has 1 aromatic heterocycles. The van der Waals surface area contributed by atoms with Gasteiger partial charge >= 0.3 is 0 Å². The van der Waals surface area contributed by atoms with E-state index in [0.717, 1.165) is 16.3 Å². The van der Waals surface area contributed by atoms with Crippen molar-refractivity contribution in [2.75, 3.05) is 7.05 Å². The molecule has 0 bridgehead atoms. The summed E-state index contributed by atoms with van der Waals surface area (Å²) in [5.74, 6) is 0.836. The van der Waals surface area contributed by atoms with E-state index >= 15 is 0 Å².